The minimum Gasteiger partial charge on any atom is -0.497 e. The smallest absolute Gasteiger partial charge is 0.270 e. The number of methoxy groups -OCH3 is 2. The highest BCUT2D eigenvalue weighted by atomic mass is 16.6. The molecule has 3 rings (SSSR count). The van der Waals surface area contributed by atoms with Gasteiger partial charge in [-0.25, -0.2) is 0 Å². The SMILES string of the molecule is COc1ccc(OC)c(C2CCCN2c2ccc([N+](=O)[O-])cc2C#N)c1. The predicted octanol–water partition coefficient (Wildman–Crippen LogP) is 3.83. The number of nitrogens with zero attached hydrogens (tertiary/aromatic N) is 3. The summed E-state index contributed by atoms with van der Waals surface area (Å²) in [5.74, 6) is 1.49. The number of benzene rings is 2. The van der Waals surface area contributed by atoms with E-state index in [4.69, 9.17) is 9.47 Å². The molecule has 0 amide bonds. The van der Waals surface area contributed by atoms with Gasteiger partial charge in [-0.15, -0.1) is 0 Å². The molecule has 134 valence electrons. The normalized spacial score (nSPS) is 16.2. The third-order valence-electron chi connectivity index (χ3n) is 4.67. The molecular weight excluding hydrogens is 334 g/mol. The van der Waals surface area contributed by atoms with Gasteiger partial charge in [-0.3, -0.25) is 10.1 Å². The molecule has 7 nitrogen and oxygen atoms in total. The van der Waals surface area contributed by atoms with Crippen molar-refractivity contribution in [2.45, 2.75) is 18.9 Å². The molecule has 1 saturated heterocycles. The van der Waals surface area contributed by atoms with Crippen LogP contribution in [0.25, 0.3) is 0 Å². The Hall–Kier alpha value is -3.27. The van der Waals surface area contributed by atoms with E-state index in [0.717, 1.165) is 36.4 Å². The highest BCUT2D eigenvalue weighted by molar-refractivity contribution is 5.65. The number of nitriles is 1. The molecule has 2 aromatic rings. The summed E-state index contributed by atoms with van der Waals surface area (Å²) in [6.07, 6.45) is 1.85. The molecule has 0 aliphatic carbocycles. The standard InChI is InChI=1S/C19H19N3O4/c1-25-15-6-8-19(26-2)16(11-15)18-4-3-9-21(18)17-7-5-14(22(23)24)10-13(17)12-20/h5-8,10-11,18H,3-4,9H2,1-2H3. The van der Waals surface area contributed by atoms with Gasteiger partial charge in [-0.05, 0) is 37.1 Å². The van der Waals surface area contributed by atoms with Crippen LogP contribution in [0.4, 0.5) is 11.4 Å². The van der Waals surface area contributed by atoms with E-state index < -0.39 is 4.92 Å². The van der Waals surface area contributed by atoms with E-state index in [-0.39, 0.29) is 11.7 Å². The number of hydrogen-bond acceptors (Lipinski definition) is 6. The quantitative estimate of drug-likeness (QED) is 0.599. The van der Waals surface area contributed by atoms with Crippen LogP contribution in [-0.4, -0.2) is 25.7 Å². The van der Waals surface area contributed by atoms with Gasteiger partial charge < -0.3 is 14.4 Å². The minimum absolute atomic E-state index is 0.00797. The van der Waals surface area contributed by atoms with Crippen molar-refractivity contribution in [3.05, 3.63) is 57.6 Å². The Morgan fingerprint density at radius 1 is 1.23 bits per heavy atom. The van der Waals surface area contributed by atoms with E-state index in [2.05, 4.69) is 11.0 Å². The summed E-state index contributed by atoms with van der Waals surface area (Å²) in [5.41, 5.74) is 1.89. The number of anilines is 1. The second-order valence-electron chi connectivity index (χ2n) is 6.03. The number of hydrogen-bond donors (Lipinski definition) is 0. The van der Waals surface area contributed by atoms with E-state index in [9.17, 15) is 15.4 Å². The van der Waals surface area contributed by atoms with Crippen LogP contribution in [0.1, 0.15) is 30.0 Å². The lowest BCUT2D eigenvalue weighted by Gasteiger charge is -2.29. The number of rotatable bonds is 5. The van der Waals surface area contributed by atoms with Gasteiger partial charge >= 0.3 is 0 Å². The maximum Gasteiger partial charge on any atom is 0.270 e. The monoisotopic (exact) mass is 353 g/mol. The fourth-order valence-corrected chi connectivity index (χ4v) is 3.46. The Morgan fingerprint density at radius 2 is 2.04 bits per heavy atom. The molecule has 2 aromatic carbocycles. The molecule has 0 N–H and O–H groups in total. The van der Waals surface area contributed by atoms with Crippen LogP contribution < -0.4 is 14.4 Å². The van der Waals surface area contributed by atoms with Crippen LogP contribution >= 0.6 is 0 Å². The molecule has 26 heavy (non-hydrogen) atoms. The van der Waals surface area contributed by atoms with Crippen molar-refractivity contribution < 1.29 is 14.4 Å². The summed E-state index contributed by atoms with van der Waals surface area (Å²) < 4.78 is 10.9. The molecule has 1 heterocycles. The number of non-ortho nitro benzene ring substituents is 1. The summed E-state index contributed by atoms with van der Waals surface area (Å²) in [6.45, 7) is 0.761. The second kappa shape index (κ2) is 7.31. The van der Waals surface area contributed by atoms with Gasteiger partial charge in [0.25, 0.3) is 5.69 Å². The first-order valence-corrected chi connectivity index (χ1v) is 8.26. The summed E-state index contributed by atoms with van der Waals surface area (Å²) in [6, 6.07) is 12.2. The van der Waals surface area contributed by atoms with Crippen LogP contribution in [-0.2, 0) is 0 Å². The maximum absolute atomic E-state index is 11.0. The summed E-state index contributed by atoms with van der Waals surface area (Å²) in [5, 5.41) is 20.5. The lowest BCUT2D eigenvalue weighted by atomic mass is 10.0. The third-order valence-corrected chi connectivity index (χ3v) is 4.67. The topological polar surface area (TPSA) is 88.6 Å². The Labute approximate surface area is 151 Å². The van der Waals surface area contributed by atoms with Crippen molar-refractivity contribution in [1.29, 1.82) is 5.26 Å². The molecule has 1 aliphatic heterocycles. The van der Waals surface area contributed by atoms with E-state index in [1.807, 2.05) is 18.2 Å². The van der Waals surface area contributed by atoms with Crippen LogP contribution in [0.2, 0.25) is 0 Å². The average Bonchev–Trinajstić information content (AvgIpc) is 3.16. The maximum atomic E-state index is 11.0. The van der Waals surface area contributed by atoms with Crippen molar-refractivity contribution in [1.82, 2.24) is 0 Å². The number of nitro groups is 1. The molecule has 7 heteroatoms. The van der Waals surface area contributed by atoms with Crippen molar-refractivity contribution in [3.8, 4) is 17.6 Å². The van der Waals surface area contributed by atoms with Gasteiger partial charge in [0.05, 0.1) is 36.4 Å². The van der Waals surface area contributed by atoms with Gasteiger partial charge in [0.2, 0.25) is 0 Å². The number of ether oxygens (including phenoxy) is 2. The lowest BCUT2D eigenvalue weighted by Crippen LogP contribution is -2.24. The molecular formula is C19H19N3O4. The predicted molar refractivity (Wildman–Crippen MR) is 96.7 cm³/mol. The fourth-order valence-electron chi connectivity index (χ4n) is 3.46. The fraction of sp³-hybridized carbons (Fsp3) is 0.316. The van der Waals surface area contributed by atoms with Crippen molar-refractivity contribution in [3.63, 3.8) is 0 Å². The molecule has 0 radical (unpaired) electrons. The van der Waals surface area contributed by atoms with E-state index in [1.165, 1.54) is 12.1 Å². The first-order valence-electron chi connectivity index (χ1n) is 8.26. The molecule has 1 fully saturated rings. The van der Waals surface area contributed by atoms with Gasteiger partial charge in [0, 0.05) is 24.2 Å². The zero-order chi connectivity index (χ0) is 18.7. The second-order valence-corrected chi connectivity index (χ2v) is 6.03. The van der Waals surface area contributed by atoms with Crippen molar-refractivity contribution >= 4 is 11.4 Å². The number of nitro benzene ring substituents is 1. The van der Waals surface area contributed by atoms with E-state index in [1.54, 1.807) is 20.3 Å². The summed E-state index contributed by atoms with van der Waals surface area (Å²) >= 11 is 0. The van der Waals surface area contributed by atoms with E-state index in [0.29, 0.717) is 11.3 Å². The van der Waals surface area contributed by atoms with Crippen molar-refractivity contribution in [2.75, 3.05) is 25.7 Å². The van der Waals surface area contributed by atoms with Gasteiger partial charge in [-0.2, -0.15) is 5.26 Å². The Morgan fingerprint density at radius 3 is 2.69 bits per heavy atom. The van der Waals surface area contributed by atoms with Crippen LogP contribution in [0.15, 0.2) is 36.4 Å². The molecule has 1 unspecified atom stereocenters. The zero-order valence-corrected chi connectivity index (χ0v) is 14.6. The Kier molecular flexibility index (Phi) is 4.94. The first-order chi connectivity index (χ1) is 12.6. The van der Waals surface area contributed by atoms with E-state index >= 15 is 0 Å². The first kappa shape index (κ1) is 17.5. The highest BCUT2D eigenvalue weighted by Crippen LogP contribution is 2.42. The van der Waals surface area contributed by atoms with Gasteiger partial charge in [0.15, 0.2) is 0 Å². The Bertz CT molecular complexity index is 876. The molecule has 1 aliphatic rings. The van der Waals surface area contributed by atoms with Crippen LogP contribution in [0, 0.1) is 21.4 Å². The van der Waals surface area contributed by atoms with Gasteiger partial charge in [0.1, 0.15) is 17.6 Å². The molecule has 0 bridgehead atoms. The third kappa shape index (κ3) is 3.14. The van der Waals surface area contributed by atoms with Crippen molar-refractivity contribution in [2.24, 2.45) is 0 Å². The molecule has 0 saturated carbocycles. The van der Waals surface area contributed by atoms with Crippen LogP contribution in [0.3, 0.4) is 0 Å². The molecule has 0 aromatic heterocycles. The molecule has 0 spiro atoms. The summed E-state index contributed by atoms with van der Waals surface area (Å²) in [4.78, 5) is 12.6. The van der Waals surface area contributed by atoms with Crippen LogP contribution in [0.5, 0.6) is 11.5 Å². The van der Waals surface area contributed by atoms with Gasteiger partial charge in [-0.1, -0.05) is 0 Å². The average molecular weight is 353 g/mol. The zero-order valence-electron chi connectivity index (χ0n) is 14.6. The summed E-state index contributed by atoms with van der Waals surface area (Å²) in [7, 11) is 3.24. The minimum atomic E-state index is -0.489. The highest BCUT2D eigenvalue weighted by Gasteiger charge is 2.31. The largest absolute Gasteiger partial charge is 0.497 e. The Balaban J connectivity index is 2.05. The molecule has 1 atom stereocenters. The lowest BCUT2D eigenvalue weighted by molar-refractivity contribution is -0.384.